The van der Waals surface area contributed by atoms with Crippen molar-refractivity contribution in [3.8, 4) is 0 Å². The molecule has 0 spiro atoms. The molecule has 5 aromatic rings. The highest BCUT2D eigenvalue weighted by Gasteiger charge is 2.23. The SMILES string of the molecule is O=C(Nc1cccc(SC(C(=O)Nc2ccc(C(=O)O)cc2)c2ccccc2)c1)/C(=C\c1cccc(Br)c1)NC(=O)c1ccccc1. The Balaban J connectivity index is 1.36. The van der Waals surface area contributed by atoms with Gasteiger partial charge in [0.15, 0.2) is 0 Å². The zero-order valence-corrected chi connectivity index (χ0v) is 27.1. The number of carbonyl (C=O) groups excluding carboxylic acids is 3. The van der Waals surface area contributed by atoms with Gasteiger partial charge in [-0.3, -0.25) is 14.4 Å². The maximum absolute atomic E-state index is 13.6. The van der Waals surface area contributed by atoms with Gasteiger partial charge in [0.2, 0.25) is 5.91 Å². The lowest BCUT2D eigenvalue weighted by atomic mass is 10.1. The van der Waals surface area contributed by atoms with E-state index in [1.54, 1.807) is 66.7 Å². The molecule has 1 unspecified atom stereocenters. The van der Waals surface area contributed by atoms with E-state index in [9.17, 15) is 24.3 Å². The lowest BCUT2D eigenvalue weighted by Gasteiger charge is -2.18. The molecule has 5 rings (SSSR count). The summed E-state index contributed by atoms with van der Waals surface area (Å²) in [6.07, 6.45) is 1.60. The van der Waals surface area contributed by atoms with Gasteiger partial charge in [-0.1, -0.05) is 82.7 Å². The summed E-state index contributed by atoms with van der Waals surface area (Å²) < 4.78 is 0.819. The highest BCUT2D eigenvalue weighted by molar-refractivity contribution is 9.10. The molecule has 0 aromatic heterocycles. The van der Waals surface area contributed by atoms with Gasteiger partial charge < -0.3 is 21.1 Å². The average molecular weight is 707 g/mol. The molecule has 0 heterocycles. The molecular formula is C37H28BrN3O5S. The Hall–Kier alpha value is -5.45. The zero-order chi connectivity index (χ0) is 33.2. The molecule has 0 saturated carbocycles. The number of amides is 3. The van der Waals surface area contributed by atoms with Crippen molar-refractivity contribution in [2.75, 3.05) is 10.6 Å². The third-order valence-electron chi connectivity index (χ3n) is 6.77. The number of halogens is 1. The van der Waals surface area contributed by atoms with Gasteiger partial charge in [0, 0.05) is 26.3 Å². The van der Waals surface area contributed by atoms with Gasteiger partial charge in [0.25, 0.3) is 11.8 Å². The zero-order valence-electron chi connectivity index (χ0n) is 24.7. The van der Waals surface area contributed by atoms with Crippen LogP contribution in [0.25, 0.3) is 6.08 Å². The van der Waals surface area contributed by atoms with Crippen molar-refractivity contribution >= 4 is 68.8 Å². The Morgan fingerprint density at radius 1 is 0.681 bits per heavy atom. The lowest BCUT2D eigenvalue weighted by Crippen LogP contribution is -2.30. The molecule has 0 aliphatic rings. The minimum absolute atomic E-state index is 0.0467. The number of rotatable bonds is 11. The largest absolute Gasteiger partial charge is 0.478 e. The van der Waals surface area contributed by atoms with Gasteiger partial charge in [0.05, 0.1) is 5.56 Å². The monoisotopic (exact) mass is 705 g/mol. The van der Waals surface area contributed by atoms with Crippen molar-refractivity contribution in [2.45, 2.75) is 10.1 Å². The molecule has 0 saturated heterocycles. The van der Waals surface area contributed by atoms with E-state index in [1.165, 1.54) is 23.9 Å². The number of anilines is 2. The van der Waals surface area contributed by atoms with E-state index in [2.05, 4.69) is 31.9 Å². The second-order valence-corrected chi connectivity index (χ2v) is 12.3. The Morgan fingerprint density at radius 3 is 2.04 bits per heavy atom. The summed E-state index contributed by atoms with van der Waals surface area (Å²) >= 11 is 4.73. The Kier molecular flexibility index (Phi) is 11.0. The van der Waals surface area contributed by atoms with E-state index in [4.69, 9.17) is 0 Å². The van der Waals surface area contributed by atoms with Gasteiger partial charge in [-0.25, -0.2) is 4.79 Å². The second kappa shape index (κ2) is 15.7. The molecule has 10 heteroatoms. The van der Waals surface area contributed by atoms with Crippen LogP contribution >= 0.6 is 27.7 Å². The first-order valence-electron chi connectivity index (χ1n) is 14.4. The minimum atomic E-state index is -1.05. The fourth-order valence-corrected chi connectivity index (χ4v) is 5.99. The fourth-order valence-electron chi connectivity index (χ4n) is 4.49. The molecule has 47 heavy (non-hydrogen) atoms. The number of thioether (sulfide) groups is 1. The molecule has 0 aliphatic heterocycles. The van der Waals surface area contributed by atoms with Crippen molar-refractivity contribution < 1.29 is 24.3 Å². The first-order chi connectivity index (χ1) is 22.7. The van der Waals surface area contributed by atoms with Crippen LogP contribution in [-0.4, -0.2) is 28.8 Å². The predicted molar refractivity (Wildman–Crippen MR) is 188 cm³/mol. The fraction of sp³-hybridized carbons (Fsp3) is 0.0270. The van der Waals surface area contributed by atoms with Crippen molar-refractivity contribution in [3.05, 3.63) is 166 Å². The van der Waals surface area contributed by atoms with Crippen molar-refractivity contribution in [2.24, 2.45) is 0 Å². The summed E-state index contributed by atoms with van der Waals surface area (Å²) in [6, 6.07) is 38.2. The molecule has 0 bridgehead atoms. The number of carboxylic acid groups (broad SMARTS) is 1. The predicted octanol–water partition coefficient (Wildman–Crippen LogP) is 8.03. The number of aromatic carboxylic acids is 1. The van der Waals surface area contributed by atoms with Crippen LogP contribution in [0.1, 0.15) is 37.1 Å². The van der Waals surface area contributed by atoms with Crippen molar-refractivity contribution in [1.82, 2.24) is 5.32 Å². The first kappa shape index (κ1) is 32.9. The number of carboxylic acids is 1. The lowest BCUT2D eigenvalue weighted by molar-refractivity contribution is -0.116. The number of hydrogen-bond acceptors (Lipinski definition) is 5. The van der Waals surface area contributed by atoms with Gasteiger partial charge in [-0.15, -0.1) is 11.8 Å². The molecule has 1 atom stereocenters. The van der Waals surface area contributed by atoms with E-state index in [1.807, 2.05) is 60.7 Å². The van der Waals surface area contributed by atoms with Crippen LogP contribution < -0.4 is 16.0 Å². The smallest absolute Gasteiger partial charge is 0.335 e. The van der Waals surface area contributed by atoms with Crippen molar-refractivity contribution in [1.29, 1.82) is 0 Å². The Morgan fingerprint density at radius 2 is 1.36 bits per heavy atom. The maximum atomic E-state index is 13.6. The van der Waals surface area contributed by atoms with Crippen LogP contribution in [0.3, 0.4) is 0 Å². The molecular weight excluding hydrogens is 678 g/mol. The summed E-state index contributed by atoms with van der Waals surface area (Å²) in [6.45, 7) is 0. The standard InChI is InChI=1S/C37H28BrN3O5S/c38-28-14-7-9-24(21-28)22-32(41-34(42)26-12-5-2-6-13-26)35(43)40-30-15-8-16-31(23-30)47-33(25-10-3-1-4-11-25)36(44)39-29-19-17-27(18-20-29)37(45)46/h1-23,33H,(H,39,44)(H,40,43)(H,41,42)(H,45,46)/b32-22+. The van der Waals surface area contributed by atoms with Crippen LogP contribution in [0, 0.1) is 0 Å². The van der Waals surface area contributed by atoms with Gasteiger partial charge in [-0.2, -0.15) is 0 Å². The van der Waals surface area contributed by atoms with Crippen LogP contribution in [0.5, 0.6) is 0 Å². The van der Waals surface area contributed by atoms with Gasteiger partial charge in [0.1, 0.15) is 10.9 Å². The first-order valence-corrected chi connectivity index (χ1v) is 16.0. The Labute approximate surface area is 284 Å². The summed E-state index contributed by atoms with van der Waals surface area (Å²) in [5.74, 6) is -2.32. The third kappa shape index (κ3) is 9.29. The van der Waals surface area contributed by atoms with Gasteiger partial charge in [-0.05, 0) is 83.9 Å². The molecule has 5 aromatic carbocycles. The van der Waals surface area contributed by atoms with E-state index in [0.29, 0.717) is 27.4 Å². The normalized spacial score (nSPS) is 11.6. The molecule has 0 aliphatic carbocycles. The number of benzene rings is 5. The van der Waals surface area contributed by atoms with E-state index in [-0.39, 0.29) is 17.2 Å². The summed E-state index contributed by atoms with van der Waals surface area (Å²) in [7, 11) is 0. The van der Waals surface area contributed by atoms with Crippen molar-refractivity contribution in [3.63, 3.8) is 0 Å². The quantitative estimate of drug-likeness (QED) is 0.0815. The number of carbonyl (C=O) groups is 4. The molecule has 0 fully saturated rings. The molecule has 234 valence electrons. The number of hydrogen-bond donors (Lipinski definition) is 4. The van der Waals surface area contributed by atoms with Crippen LogP contribution in [0.4, 0.5) is 11.4 Å². The molecule has 3 amide bonds. The molecule has 0 radical (unpaired) electrons. The molecule has 4 N–H and O–H groups in total. The second-order valence-electron chi connectivity index (χ2n) is 10.2. The topological polar surface area (TPSA) is 125 Å². The average Bonchev–Trinajstić information content (AvgIpc) is 3.08. The van der Waals surface area contributed by atoms with Gasteiger partial charge >= 0.3 is 5.97 Å². The van der Waals surface area contributed by atoms with E-state index >= 15 is 0 Å². The van der Waals surface area contributed by atoms with E-state index in [0.717, 1.165) is 10.0 Å². The van der Waals surface area contributed by atoms with E-state index < -0.39 is 23.0 Å². The Bertz CT molecular complexity index is 1930. The van der Waals surface area contributed by atoms with Crippen LogP contribution in [0.2, 0.25) is 0 Å². The summed E-state index contributed by atoms with van der Waals surface area (Å²) in [5.41, 5.74) is 2.96. The van der Waals surface area contributed by atoms with Crippen LogP contribution in [0.15, 0.2) is 149 Å². The summed E-state index contributed by atoms with van der Waals surface area (Å²) in [4.78, 5) is 52.1. The maximum Gasteiger partial charge on any atom is 0.335 e. The number of nitrogens with one attached hydrogen (secondary N) is 3. The third-order valence-corrected chi connectivity index (χ3v) is 8.52. The highest BCUT2D eigenvalue weighted by atomic mass is 79.9. The summed E-state index contributed by atoms with van der Waals surface area (Å²) in [5, 5.41) is 17.0. The highest BCUT2D eigenvalue weighted by Crippen LogP contribution is 2.37. The minimum Gasteiger partial charge on any atom is -0.478 e. The molecule has 8 nitrogen and oxygen atoms in total. The van der Waals surface area contributed by atoms with Crippen LogP contribution in [-0.2, 0) is 9.59 Å².